The Hall–Kier alpha value is -2.09. The van der Waals surface area contributed by atoms with E-state index in [0.717, 1.165) is 16.7 Å². The number of hydrogen-bond donors (Lipinski definition) is 1. The highest BCUT2D eigenvalue weighted by Crippen LogP contribution is 2.19. The van der Waals surface area contributed by atoms with Crippen molar-refractivity contribution in [3.05, 3.63) is 60.2 Å². The molecule has 2 heteroatoms. The van der Waals surface area contributed by atoms with E-state index in [9.17, 15) is 4.79 Å². The van der Waals surface area contributed by atoms with Gasteiger partial charge in [-0.1, -0.05) is 54.6 Å². The molecule has 0 saturated heterocycles. The van der Waals surface area contributed by atoms with Gasteiger partial charge in [-0.05, 0) is 16.7 Å². The minimum absolute atomic E-state index is 0.292. The lowest BCUT2D eigenvalue weighted by Crippen LogP contribution is -2.13. The maximum absolute atomic E-state index is 10.8. The van der Waals surface area contributed by atoms with Crippen molar-refractivity contribution in [3.63, 3.8) is 0 Å². The normalized spacial score (nSPS) is 10.0. The zero-order chi connectivity index (χ0) is 11.4. The molecule has 0 bridgehead atoms. The number of primary amides is 1. The van der Waals surface area contributed by atoms with E-state index >= 15 is 0 Å². The molecule has 0 aromatic heterocycles. The molecule has 16 heavy (non-hydrogen) atoms. The average Bonchev–Trinajstić information content (AvgIpc) is 2.30. The summed E-state index contributed by atoms with van der Waals surface area (Å²) in [5, 5.41) is 0. The first-order valence-electron chi connectivity index (χ1n) is 5.18. The number of amides is 1. The molecule has 2 nitrogen and oxygen atoms in total. The smallest absolute Gasteiger partial charge is 0.221 e. The summed E-state index contributed by atoms with van der Waals surface area (Å²) in [6, 6.07) is 18.0. The zero-order valence-electron chi connectivity index (χ0n) is 8.89. The Morgan fingerprint density at radius 2 is 1.62 bits per heavy atom. The van der Waals surface area contributed by atoms with Crippen molar-refractivity contribution in [2.75, 3.05) is 0 Å². The molecule has 0 saturated carbocycles. The van der Waals surface area contributed by atoms with Crippen LogP contribution in [0, 0.1) is 0 Å². The van der Waals surface area contributed by atoms with Gasteiger partial charge in [-0.15, -0.1) is 0 Å². The predicted molar refractivity (Wildman–Crippen MR) is 64.8 cm³/mol. The second kappa shape index (κ2) is 4.62. The number of rotatable bonds is 3. The predicted octanol–water partition coefficient (Wildman–Crippen LogP) is 2.38. The number of nitrogens with two attached hydrogens (primary N) is 1. The topological polar surface area (TPSA) is 43.1 Å². The van der Waals surface area contributed by atoms with Crippen LogP contribution in [0.25, 0.3) is 11.1 Å². The molecule has 0 aliphatic heterocycles. The molecule has 2 aromatic rings. The summed E-state index contributed by atoms with van der Waals surface area (Å²) in [4.78, 5) is 10.8. The summed E-state index contributed by atoms with van der Waals surface area (Å²) < 4.78 is 0. The van der Waals surface area contributed by atoms with E-state index in [4.69, 9.17) is 5.73 Å². The summed E-state index contributed by atoms with van der Waals surface area (Å²) in [6.45, 7) is 0. The molecule has 0 radical (unpaired) electrons. The summed E-state index contributed by atoms with van der Waals surface area (Å²) in [7, 11) is 0. The van der Waals surface area contributed by atoms with Crippen molar-refractivity contribution < 1.29 is 4.79 Å². The Morgan fingerprint density at radius 3 is 2.31 bits per heavy atom. The highest BCUT2D eigenvalue weighted by molar-refractivity contribution is 5.77. The van der Waals surface area contributed by atoms with E-state index in [-0.39, 0.29) is 5.91 Å². The summed E-state index contributed by atoms with van der Waals surface area (Å²) in [6.07, 6.45) is 0.292. The second-order valence-corrected chi connectivity index (χ2v) is 3.71. The molecule has 80 valence electrons. The van der Waals surface area contributed by atoms with Gasteiger partial charge in [-0.2, -0.15) is 0 Å². The Balaban J connectivity index is 2.33. The number of carbonyl (C=O) groups excluding carboxylic acids is 1. The maximum Gasteiger partial charge on any atom is 0.221 e. The van der Waals surface area contributed by atoms with Gasteiger partial charge in [-0.25, -0.2) is 0 Å². The van der Waals surface area contributed by atoms with Crippen molar-refractivity contribution in [1.82, 2.24) is 0 Å². The zero-order valence-corrected chi connectivity index (χ0v) is 8.89. The van der Waals surface area contributed by atoms with Gasteiger partial charge < -0.3 is 5.73 Å². The first-order chi connectivity index (χ1) is 7.75. The SMILES string of the molecule is NC(=O)Cc1cccc(-c2ccccc2)c1. The van der Waals surface area contributed by atoms with Gasteiger partial charge in [0.1, 0.15) is 0 Å². The Kier molecular flexibility index (Phi) is 3.01. The van der Waals surface area contributed by atoms with Crippen molar-refractivity contribution in [2.24, 2.45) is 5.73 Å². The largest absolute Gasteiger partial charge is 0.369 e. The van der Waals surface area contributed by atoms with E-state index in [1.807, 2.05) is 54.6 Å². The third-order valence-electron chi connectivity index (χ3n) is 2.41. The highest BCUT2D eigenvalue weighted by Gasteiger charge is 2.01. The minimum atomic E-state index is -0.301. The van der Waals surface area contributed by atoms with Gasteiger partial charge in [0.15, 0.2) is 0 Å². The Bertz CT molecular complexity index is 491. The molecule has 0 fully saturated rings. The molecular weight excluding hydrogens is 198 g/mol. The van der Waals surface area contributed by atoms with Crippen LogP contribution < -0.4 is 5.73 Å². The standard InChI is InChI=1S/C14H13NO/c15-14(16)10-11-5-4-8-13(9-11)12-6-2-1-3-7-12/h1-9H,10H2,(H2,15,16). The van der Waals surface area contributed by atoms with Crippen molar-refractivity contribution in [1.29, 1.82) is 0 Å². The van der Waals surface area contributed by atoms with Gasteiger partial charge >= 0.3 is 0 Å². The fraction of sp³-hybridized carbons (Fsp3) is 0.0714. The van der Waals surface area contributed by atoms with Crippen LogP contribution in [-0.2, 0) is 11.2 Å². The Morgan fingerprint density at radius 1 is 0.938 bits per heavy atom. The van der Waals surface area contributed by atoms with Gasteiger partial charge in [0.2, 0.25) is 5.91 Å². The molecule has 0 spiro atoms. The summed E-state index contributed by atoms with van der Waals surface area (Å²) >= 11 is 0. The van der Waals surface area contributed by atoms with Gasteiger partial charge in [0.25, 0.3) is 0 Å². The Labute approximate surface area is 94.7 Å². The lowest BCUT2D eigenvalue weighted by molar-refractivity contribution is -0.117. The van der Waals surface area contributed by atoms with Crippen molar-refractivity contribution in [3.8, 4) is 11.1 Å². The molecule has 0 aliphatic rings. The third-order valence-corrected chi connectivity index (χ3v) is 2.41. The van der Waals surface area contributed by atoms with Crippen LogP contribution in [0.4, 0.5) is 0 Å². The van der Waals surface area contributed by atoms with Crippen LogP contribution in [0.15, 0.2) is 54.6 Å². The molecule has 1 amide bonds. The molecule has 2 aromatic carbocycles. The quantitative estimate of drug-likeness (QED) is 0.832. The van der Waals surface area contributed by atoms with E-state index < -0.39 is 0 Å². The minimum Gasteiger partial charge on any atom is -0.369 e. The van der Waals surface area contributed by atoms with Crippen molar-refractivity contribution in [2.45, 2.75) is 6.42 Å². The average molecular weight is 211 g/mol. The highest BCUT2D eigenvalue weighted by atomic mass is 16.1. The lowest BCUT2D eigenvalue weighted by Gasteiger charge is -2.03. The molecule has 2 rings (SSSR count). The van der Waals surface area contributed by atoms with Crippen LogP contribution in [0.1, 0.15) is 5.56 Å². The molecule has 0 unspecified atom stereocenters. The molecule has 0 aliphatic carbocycles. The second-order valence-electron chi connectivity index (χ2n) is 3.71. The van der Waals surface area contributed by atoms with Crippen LogP contribution in [-0.4, -0.2) is 5.91 Å². The maximum atomic E-state index is 10.8. The lowest BCUT2D eigenvalue weighted by atomic mass is 10.0. The number of benzene rings is 2. The van der Waals surface area contributed by atoms with E-state index in [1.54, 1.807) is 0 Å². The fourth-order valence-electron chi connectivity index (χ4n) is 1.69. The summed E-state index contributed by atoms with van der Waals surface area (Å²) in [5.74, 6) is -0.301. The van der Waals surface area contributed by atoms with E-state index in [2.05, 4.69) is 0 Å². The first kappa shape index (κ1) is 10.4. The van der Waals surface area contributed by atoms with Crippen molar-refractivity contribution >= 4 is 5.91 Å². The number of hydrogen-bond acceptors (Lipinski definition) is 1. The van der Waals surface area contributed by atoms with E-state index in [0.29, 0.717) is 6.42 Å². The van der Waals surface area contributed by atoms with Crippen LogP contribution in [0.3, 0.4) is 0 Å². The molecular formula is C14H13NO. The van der Waals surface area contributed by atoms with Gasteiger partial charge in [-0.3, -0.25) is 4.79 Å². The van der Waals surface area contributed by atoms with E-state index in [1.165, 1.54) is 0 Å². The third kappa shape index (κ3) is 2.48. The van der Waals surface area contributed by atoms with Gasteiger partial charge in [0, 0.05) is 0 Å². The molecule has 0 atom stereocenters. The van der Waals surface area contributed by atoms with Crippen LogP contribution in [0.5, 0.6) is 0 Å². The molecule has 0 heterocycles. The first-order valence-corrected chi connectivity index (χ1v) is 5.18. The fourth-order valence-corrected chi connectivity index (χ4v) is 1.69. The monoisotopic (exact) mass is 211 g/mol. The van der Waals surface area contributed by atoms with Crippen LogP contribution in [0.2, 0.25) is 0 Å². The number of carbonyl (C=O) groups is 1. The van der Waals surface area contributed by atoms with Gasteiger partial charge in [0.05, 0.1) is 6.42 Å². The van der Waals surface area contributed by atoms with Crippen LogP contribution >= 0.6 is 0 Å². The molecule has 2 N–H and O–H groups in total. The summed E-state index contributed by atoms with van der Waals surface area (Å²) in [5.41, 5.74) is 8.38.